The lowest BCUT2D eigenvalue weighted by Gasteiger charge is -2.31. The highest BCUT2D eigenvalue weighted by atomic mass is 19.1. The largest absolute Gasteiger partial charge is 0.496 e. The Balaban J connectivity index is 1.42. The summed E-state index contributed by atoms with van der Waals surface area (Å²) in [5.74, 6) is 0.928. The molecule has 0 bridgehead atoms. The number of methoxy groups -OCH3 is 1. The first-order chi connectivity index (χ1) is 15.6. The van der Waals surface area contributed by atoms with E-state index >= 15 is 0 Å². The SMILES string of the molecule is COc1ccc(F)cc1-c1ccc2nc(C3CCCN(C(=O)c4ccccn4)C3)nn2c1. The minimum absolute atomic E-state index is 0.0449. The van der Waals surface area contributed by atoms with Gasteiger partial charge in [-0.05, 0) is 55.3 Å². The minimum atomic E-state index is -0.333. The van der Waals surface area contributed by atoms with Gasteiger partial charge in [-0.1, -0.05) is 6.07 Å². The Morgan fingerprint density at radius 2 is 2.09 bits per heavy atom. The highest BCUT2D eigenvalue weighted by molar-refractivity contribution is 5.92. The highest BCUT2D eigenvalue weighted by Crippen LogP contribution is 2.31. The van der Waals surface area contributed by atoms with Crippen LogP contribution in [0, 0.1) is 5.82 Å². The predicted octanol–water partition coefficient (Wildman–Crippen LogP) is 3.96. The third kappa shape index (κ3) is 3.79. The van der Waals surface area contributed by atoms with Gasteiger partial charge in [0.2, 0.25) is 0 Å². The molecule has 1 atom stereocenters. The van der Waals surface area contributed by atoms with Gasteiger partial charge >= 0.3 is 0 Å². The molecule has 7 nitrogen and oxygen atoms in total. The number of fused-ring (bicyclic) bond motifs is 1. The van der Waals surface area contributed by atoms with Crippen molar-refractivity contribution in [3.05, 3.63) is 78.3 Å². The van der Waals surface area contributed by atoms with E-state index in [0.29, 0.717) is 41.6 Å². The van der Waals surface area contributed by atoms with Crippen LogP contribution in [0.15, 0.2) is 60.9 Å². The number of likely N-dealkylation sites (tertiary alicyclic amines) is 1. The number of halogens is 1. The fourth-order valence-corrected chi connectivity index (χ4v) is 4.16. The maximum absolute atomic E-state index is 13.8. The van der Waals surface area contributed by atoms with Crippen molar-refractivity contribution >= 4 is 11.6 Å². The number of aromatic nitrogens is 4. The van der Waals surface area contributed by atoms with Gasteiger partial charge in [0, 0.05) is 42.5 Å². The number of piperidine rings is 1. The fraction of sp³-hybridized carbons (Fsp3) is 0.250. The number of pyridine rings is 2. The Bertz CT molecular complexity index is 1270. The molecule has 1 aliphatic rings. The topological polar surface area (TPSA) is 72.6 Å². The Labute approximate surface area is 184 Å². The molecule has 32 heavy (non-hydrogen) atoms. The number of carbonyl (C=O) groups is 1. The molecule has 162 valence electrons. The molecule has 4 heterocycles. The van der Waals surface area contributed by atoms with Crippen LogP contribution in [0.25, 0.3) is 16.8 Å². The van der Waals surface area contributed by atoms with Gasteiger partial charge in [-0.2, -0.15) is 5.10 Å². The van der Waals surface area contributed by atoms with E-state index in [2.05, 4.69) is 10.1 Å². The van der Waals surface area contributed by atoms with E-state index in [1.165, 1.54) is 12.1 Å². The molecule has 0 N–H and O–H groups in total. The first kappa shape index (κ1) is 20.1. The number of nitrogens with zero attached hydrogens (tertiary/aromatic N) is 5. The van der Waals surface area contributed by atoms with E-state index in [-0.39, 0.29) is 17.6 Å². The van der Waals surface area contributed by atoms with Crippen molar-refractivity contribution in [2.45, 2.75) is 18.8 Å². The molecule has 3 aromatic heterocycles. The number of hydrogen-bond donors (Lipinski definition) is 0. The summed E-state index contributed by atoms with van der Waals surface area (Å²) in [6.45, 7) is 1.25. The summed E-state index contributed by atoms with van der Waals surface area (Å²) in [7, 11) is 1.56. The molecule has 0 spiro atoms. The first-order valence-electron chi connectivity index (χ1n) is 10.5. The van der Waals surface area contributed by atoms with Crippen LogP contribution in [0.1, 0.15) is 35.1 Å². The van der Waals surface area contributed by atoms with Crippen molar-refractivity contribution < 1.29 is 13.9 Å². The molecule has 0 radical (unpaired) electrons. The van der Waals surface area contributed by atoms with Crippen molar-refractivity contribution in [1.82, 2.24) is 24.5 Å². The third-order valence-corrected chi connectivity index (χ3v) is 5.78. The van der Waals surface area contributed by atoms with Crippen LogP contribution in [0.3, 0.4) is 0 Å². The van der Waals surface area contributed by atoms with Gasteiger partial charge in [0.1, 0.15) is 17.3 Å². The molecule has 5 rings (SSSR count). The lowest BCUT2D eigenvalue weighted by atomic mass is 9.97. The zero-order valence-corrected chi connectivity index (χ0v) is 17.6. The summed E-state index contributed by atoms with van der Waals surface area (Å²) in [5, 5.41) is 4.68. The maximum Gasteiger partial charge on any atom is 0.272 e. The molecule has 1 aliphatic heterocycles. The minimum Gasteiger partial charge on any atom is -0.496 e. The Morgan fingerprint density at radius 1 is 1.19 bits per heavy atom. The molecule has 0 saturated carbocycles. The lowest BCUT2D eigenvalue weighted by Crippen LogP contribution is -2.39. The van der Waals surface area contributed by atoms with Gasteiger partial charge < -0.3 is 9.64 Å². The van der Waals surface area contributed by atoms with E-state index in [9.17, 15) is 9.18 Å². The summed E-state index contributed by atoms with van der Waals surface area (Å²) >= 11 is 0. The summed E-state index contributed by atoms with van der Waals surface area (Å²) < 4.78 is 20.9. The number of amides is 1. The Morgan fingerprint density at radius 3 is 2.91 bits per heavy atom. The van der Waals surface area contributed by atoms with Crippen LogP contribution < -0.4 is 4.74 Å². The zero-order valence-electron chi connectivity index (χ0n) is 17.6. The number of hydrogen-bond acceptors (Lipinski definition) is 5. The standard InChI is InChI=1S/C24H22FN5O2/c1-32-21-9-8-18(25)13-19(21)16-7-10-22-27-23(28-30(22)15-16)17-5-4-12-29(14-17)24(31)20-6-2-3-11-26-20/h2-3,6-11,13,15,17H,4-5,12,14H2,1H3. The molecule has 4 aromatic rings. The van der Waals surface area contributed by atoms with Crippen LogP contribution in [0.4, 0.5) is 4.39 Å². The van der Waals surface area contributed by atoms with Crippen molar-refractivity contribution in [1.29, 1.82) is 0 Å². The number of ether oxygens (including phenoxy) is 1. The van der Waals surface area contributed by atoms with E-state index < -0.39 is 0 Å². The summed E-state index contributed by atoms with van der Waals surface area (Å²) in [6, 6.07) is 13.5. The fourth-order valence-electron chi connectivity index (χ4n) is 4.16. The molecule has 1 unspecified atom stereocenters. The molecule has 1 aromatic carbocycles. The van der Waals surface area contributed by atoms with Crippen LogP contribution >= 0.6 is 0 Å². The van der Waals surface area contributed by atoms with Crippen LogP contribution in [-0.2, 0) is 0 Å². The lowest BCUT2D eigenvalue weighted by molar-refractivity contribution is 0.0698. The molecule has 0 aliphatic carbocycles. The smallest absolute Gasteiger partial charge is 0.272 e. The quantitative estimate of drug-likeness (QED) is 0.489. The molecule has 8 heteroatoms. The maximum atomic E-state index is 13.8. The Hall–Kier alpha value is -3.81. The number of rotatable bonds is 4. The molecule has 1 saturated heterocycles. The van der Waals surface area contributed by atoms with E-state index in [0.717, 1.165) is 18.4 Å². The average Bonchev–Trinajstić information content (AvgIpc) is 3.28. The second-order valence-corrected chi connectivity index (χ2v) is 7.84. The van der Waals surface area contributed by atoms with Gasteiger partial charge in [0.05, 0.1) is 7.11 Å². The number of benzene rings is 1. The summed E-state index contributed by atoms with van der Waals surface area (Å²) in [4.78, 5) is 23.5. The van der Waals surface area contributed by atoms with E-state index in [1.807, 2.05) is 29.3 Å². The molecule has 1 amide bonds. The normalized spacial score (nSPS) is 16.3. The summed E-state index contributed by atoms with van der Waals surface area (Å²) in [5.41, 5.74) is 2.58. The van der Waals surface area contributed by atoms with Crippen molar-refractivity contribution in [3.8, 4) is 16.9 Å². The van der Waals surface area contributed by atoms with Crippen molar-refractivity contribution in [3.63, 3.8) is 0 Å². The predicted molar refractivity (Wildman–Crippen MR) is 117 cm³/mol. The Kier molecular flexibility index (Phi) is 5.26. The van der Waals surface area contributed by atoms with Crippen LogP contribution in [-0.4, -0.2) is 50.6 Å². The van der Waals surface area contributed by atoms with Crippen LogP contribution in [0.2, 0.25) is 0 Å². The van der Waals surface area contributed by atoms with Gasteiger partial charge in [-0.15, -0.1) is 0 Å². The first-order valence-corrected chi connectivity index (χ1v) is 10.5. The molecular weight excluding hydrogens is 409 g/mol. The van der Waals surface area contributed by atoms with Gasteiger partial charge in [-0.25, -0.2) is 13.9 Å². The van der Waals surface area contributed by atoms with Gasteiger partial charge in [0.25, 0.3) is 5.91 Å². The third-order valence-electron chi connectivity index (χ3n) is 5.78. The van der Waals surface area contributed by atoms with Crippen LogP contribution in [0.5, 0.6) is 5.75 Å². The van der Waals surface area contributed by atoms with Crippen molar-refractivity contribution in [2.75, 3.05) is 20.2 Å². The van der Waals surface area contributed by atoms with Gasteiger partial charge in [0.15, 0.2) is 11.5 Å². The second kappa shape index (κ2) is 8.37. The average molecular weight is 431 g/mol. The highest BCUT2D eigenvalue weighted by Gasteiger charge is 2.28. The van der Waals surface area contributed by atoms with Gasteiger partial charge in [-0.3, -0.25) is 9.78 Å². The van der Waals surface area contributed by atoms with E-state index in [1.54, 1.807) is 36.0 Å². The number of carbonyl (C=O) groups excluding carboxylic acids is 1. The molecule has 1 fully saturated rings. The van der Waals surface area contributed by atoms with E-state index in [4.69, 9.17) is 9.72 Å². The molecular formula is C24H22FN5O2. The zero-order chi connectivity index (χ0) is 22.1. The van der Waals surface area contributed by atoms with Crippen molar-refractivity contribution in [2.24, 2.45) is 0 Å². The summed E-state index contributed by atoms with van der Waals surface area (Å²) in [6.07, 6.45) is 5.24. The second-order valence-electron chi connectivity index (χ2n) is 7.84. The monoisotopic (exact) mass is 431 g/mol.